The van der Waals surface area contributed by atoms with E-state index in [9.17, 15) is 22.0 Å². The summed E-state index contributed by atoms with van der Waals surface area (Å²) in [7, 11) is 0. The van der Waals surface area contributed by atoms with Crippen molar-refractivity contribution in [2.24, 2.45) is 0 Å². The lowest BCUT2D eigenvalue weighted by atomic mass is 10.1. The molecule has 0 fully saturated rings. The molecule has 100 valence electrons. The summed E-state index contributed by atoms with van der Waals surface area (Å²) in [6.45, 7) is 0. The van der Waals surface area contributed by atoms with E-state index >= 15 is 0 Å². The molecular weight excluding hydrogens is 289 g/mol. The first-order chi connectivity index (χ1) is 8.79. The Hall–Kier alpha value is -1.69. The van der Waals surface area contributed by atoms with Crippen LogP contribution >= 0.6 is 11.6 Å². The highest BCUT2D eigenvalue weighted by atomic mass is 35.5. The average molecular weight is 294 g/mol. The Balaban J connectivity index is 2.67. The lowest BCUT2D eigenvalue weighted by Gasteiger charge is -2.10. The van der Waals surface area contributed by atoms with Crippen LogP contribution in [0.2, 0.25) is 5.15 Å². The van der Waals surface area contributed by atoms with Gasteiger partial charge in [-0.2, -0.15) is 13.2 Å². The number of benzene rings is 1. The molecule has 0 aliphatic heterocycles. The molecule has 0 spiro atoms. The third-order valence-corrected chi connectivity index (χ3v) is 2.53. The molecule has 19 heavy (non-hydrogen) atoms. The SMILES string of the molecule is Fc1cccc(F)c1-c1cc(C(F)(F)F)cc(Cl)n1. The van der Waals surface area contributed by atoms with Crippen molar-refractivity contribution in [3.63, 3.8) is 0 Å². The second kappa shape index (κ2) is 4.77. The van der Waals surface area contributed by atoms with Crippen molar-refractivity contribution < 1.29 is 22.0 Å². The van der Waals surface area contributed by atoms with E-state index in [-0.39, 0.29) is 0 Å². The van der Waals surface area contributed by atoms with E-state index < -0.39 is 39.8 Å². The molecule has 0 aliphatic carbocycles. The quantitative estimate of drug-likeness (QED) is 0.548. The Morgan fingerprint density at radius 1 is 1.00 bits per heavy atom. The lowest BCUT2D eigenvalue weighted by molar-refractivity contribution is -0.137. The molecule has 0 amide bonds. The number of pyridine rings is 1. The second-order valence-corrected chi connectivity index (χ2v) is 4.05. The number of hydrogen-bond acceptors (Lipinski definition) is 1. The maximum atomic E-state index is 13.5. The number of aromatic nitrogens is 1. The molecule has 0 aliphatic rings. The summed E-state index contributed by atoms with van der Waals surface area (Å²) in [6.07, 6.45) is -4.68. The van der Waals surface area contributed by atoms with Crippen LogP contribution in [0.15, 0.2) is 30.3 Å². The monoisotopic (exact) mass is 293 g/mol. The Morgan fingerprint density at radius 3 is 2.11 bits per heavy atom. The van der Waals surface area contributed by atoms with Gasteiger partial charge in [0.2, 0.25) is 0 Å². The van der Waals surface area contributed by atoms with E-state index in [4.69, 9.17) is 11.6 Å². The Morgan fingerprint density at radius 2 is 1.58 bits per heavy atom. The summed E-state index contributed by atoms with van der Waals surface area (Å²) in [5.41, 5.74) is -2.27. The van der Waals surface area contributed by atoms with E-state index in [0.29, 0.717) is 12.1 Å². The normalized spacial score (nSPS) is 11.7. The molecule has 0 saturated heterocycles. The van der Waals surface area contributed by atoms with Crippen molar-refractivity contribution in [2.75, 3.05) is 0 Å². The minimum absolute atomic E-state index is 0.493. The fourth-order valence-electron chi connectivity index (χ4n) is 1.53. The van der Waals surface area contributed by atoms with Gasteiger partial charge in [-0.25, -0.2) is 13.8 Å². The predicted molar refractivity (Wildman–Crippen MR) is 59.6 cm³/mol. The van der Waals surface area contributed by atoms with Crippen molar-refractivity contribution in [2.45, 2.75) is 6.18 Å². The molecule has 1 heterocycles. The molecule has 1 aromatic heterocycles. The molecule has 7 heteroatoms. The van der Waals surface area contributed by atoms with E-state index in [2.05, 4.69) is 4.98 Å². The average Bonchev–Trinajstić information content (AvgIpc) is 2.26. The number of rotatable bonds is 1. The molecule has 0 N–H and O–H groups in total. The standard InChI is InChI=1S/C12H5ClF5N/c13-10-5-6(12(16,17)18)4-9(19-10)11-7(14)2-1-3-8(11)15/h1-5H. The van der Waals surface area contributed by atoms with Crippen LogP contribution in [0.1, 0.15) is 5.56 Å². The fourth-order valence-corrected chi connectivity index (χ4v) is 1.74. The first-order valence-electron chi connectivity index (χ1n) is 4.98. The van der Waals surface area contributed by atoms with Gasteiger partial charge in [0.1, 0.15) is 16.8 Å². The highest BCUT2D eigenvalue weighted by Gasteiger charge is 2.32. The predicted octanol–water partition coefficient (Wildman–Crippen LogP) is 4.70. The maximum absolute atomic E-state index is 13.5. The first kappa shape index (κ1) is 13.7. The Labute approximate surface area is 109 Å². The molecule has 0 atom stereocenters. The van der Waals surface area contributed by atoms with Gasteiger partial charge in [-0.05, 0) is 24.3 Å². The van der Waals surface area contributed by atoms with Crippen molar-refractivity contribution >= 4 is 11.6 Å². The smallest absolute Gasteiger partial charge is 0.236 e. The van der Waals surface area contributed by atoms with E-state index in [1.54, 1.807) is 0 Å². The largest absolute Gasteiger partial charge is 0.416 e. The van der Waals surface area contributed by atoms with Crippen LogP contribution in [0.25, 0.3) is 11.3 Å². The number of hydrogen-bond donors (Lipinski definition) is 0. The zero-order chi connectivity index (χ0) is 14.2. The molecule has 0 saturated carbocycles. The molecule has 0 bridgehead atoms. The van der Waals surface area contributed by atoms with Crippen molar-refractivity contribution in [3.05, 3.63) is 52.7 Å². The van der Waals surface area contributed by atoms with Crippen LogP contribution in [-0.2, 0) is 6.18 Å². The van der Waals surface area contributed by atoms with Crippen LogP contribution in [0.5, 0.6) is 0 Å². The van der Waals surface area contributed by atoms with Crippen LogP contribution in [0, 0.1) is 11.6 Å². The van der Waals surface area contributed by atoms with Crippen LogP contribution in [0.3, 0.4) is 0 Å². The first-order valence-corrected chi connectivity index (χ1v) is 5.36. The number of nitrogens with zero attached hydrogens (tertiary/aromatic N) is 1. The second-order valence-electron chi connectivity index (χ2n) is 3.66. The molecule has 1 nitrogen and oxygen atoms in total. The molecule has 2 rings (SSSR count). The van der Waals surface area contributed by atoms with Crippen molar-refractivity contribution in [1.29, 1.82) is 0 Å². The van der Waals surface area contributed by atoms with Gasteiger partial charge in [-0.1, -0.05) is 17.7 Å². The van der Waals surface area contributed by atoms with Gasteiger partial charge in [0.15, 0.2) is 0 Å². The van der Waals surface area contributed by atoms with Gasteiger partial charge < -0.3 is 0 Å². The Kier molecular flexibility index (Phi) is 3.45. The highest BCUT2D eigenvalue weighted by molar-refractivity contribution is 6.29. The van der Waals surface area contributed by atoms with Gasteiger partial charge in [0, 0.05) is 0 Å². The van der Waals surface area contributed by atoms with E-state index in [0.717, 1.165) is 18.2 Å². The molecular formula is C12H5ClF5N. The summed E-state index contributed by atoms with van der Waals surface area (Å²) in [4.78, 5) is 3.52. The summed E-state index contributed by atoms with van der Waals surface area (Å²) < 4.78 is 64.8. The molecule has 2 aromatic rings. The molecule has 0 radical (unpaired) electrons. The van der Waals surface area contributed by atoms with E-state index in [1.165, 1.54) is 0 Å². The minimum atomic E-state index is -4.68. The van der Waals surface area contributed by atoms with Crippen LogP contribution < -0.4 is 0 Å². The van der Waals surface area contributed by atoms with Crippen molar-refractivity contribution in [3.8, 4) is 11.3 Å². The minimum Gasteiger partial charge on any atom is -0.236 e. The summed E-state index contributed by atoms with van der Waals surface area (Å²) in [6, 6.07) is 4.09. The van der Waals surface area contributed by atoms with Crippen LogP contribution in [0.4, 0.5) is 22.0 Å². The summed E-state index contributed by atoms with van der Waals surface area (Å²) >= 11 is 5.45. The maximum Gasteiger partial charge on any atom is 0.416 e. The van der Waals surface area contributed by atoms with Gasteiger partial charge in [-0.3, -0.25) is 0 Å². The molecule has 1 aromatic carbocycles. The summed E-state index contributed by atoms with van der Waals surface area (Å²) in [5.74, 6) is -2.02. The topological polar surface area (TPSA) is 12.9 Å². The zero-order valence-corrected chi connectivity index (χ0v) is 9.86. The van der Waals surface area contributed by atoms with Crippen molar-refractivity contribution in [1.82, 2.24) is 4.98 Å². The highest BCUT2D eigenvalue weighted by Crippen LogP contribution is 2.34. The van der Waals surface area contributed by atoms with Gasteiger partial charge in [0.05, 0.1) is 16.8 Å². The number of alkyl halides is 3. The van der Waals surface area contributed by atoms with Gasteiger partial charge in [0.25, 0.3) is 0 Å². The van der Waals surface area contributed by atoms with E-state index in [1.807, 2.05) is 0 Å². The Bertz CT molecular complexity index is 604. The van der Waals surface area contributed by atoms with Gasteiger partial charge >= 0.3 is 6.18 Å². The number of halogens is 6. The van der Waals surface area contributed by atoms with Gasteiger partial charge in [-0.15, -0.1) is 0 Å². The fraction of sp³-hybridized carbons (Fsp3) is 0.0833. The third kappa shape index (κ3) is 2.84. The third-order valence-electron chi connectivity index (χ3n) is 2.34. The lowest BCUT2D eigenvalue weighted by Crippen LogP contribution is -2.06. The zero-order valence-electron chi connectivity index (χ0n) is 9.10. The molecule has 0 unspecified atom stereocenters. The van der Waals surface area contributed by atoms with Crippen LogP contribution in [-0.4, -0.2) is 4.98 Å². The summed E-state index contributed by atoms with van der Waals surface area (Å²) in [5, 5.41) is -0.493.